The predicted octanol–water partition coefficient (Wildman–Crippen LogP) is 4.35. The van der Waals surface area contributed by atoms with Crippen molar-refractivity contribution in [3.8, 4) is 28.5 Å². The summed E-state index contributed by atoms with van der Waals surface area (Å²) in [7, 11) is 0. The molecule has 0 aliphatic heterocycles. The highest BCUT2D eigenvalue weighted by Gasteiger charge is 2.08. The summed E-state index contributed by atoms with van der Waals surface area (Å²) < 4.78 is 2.03. The molecule has 2 aromatic heterocycles. The Labute approximate surface area is 144 Å². The van der Waals surface area contributed by atoms with Crippen LogP contribution in [0.1, 0.15) is 15.9 Å². The van der Waals surface area contributed by atoms with Gasteiger partial charge < -0.3 is 0 Å². The molecule has 0 unspecified atom stereocenters. The van der Waals surface area contributed by atoms with Gasteiger partial charge in [-0.15, -0.1) is 0 Å². The van der Waals surface area contributed by atoms with Gasteiger partial charge >= 0.3 is 0 Å². The van der Waals surface area contributed by atoms with Gasteiger partial charge in [0.05, 0.1) is 23.5 Å². The van der Waals surface area contributed by atoms with E-state index in [1.165, 1.54) is 0 Å². The first-order valence-electron chi connectivity index (χ1n) is 7.82. The standard InChI is InChI=1S/C21H13N3O/c22-11-15-1-7-18(8-2-15)20-12-23-21-10-9-19(13-24(20)21)17-5-3-16(14-25)4-6-17/h1-10,12-14H. The number of pyridine rings is 1. The average molecular weight is 323 g/mol. The summed E-state index contributed by atoms with van der Waals surface area (Å²) in [6.07, 6.45) is 4.70. The molecule has 0 fully saturated rings. The Morgan fingerprint density at radius 2 is 1.56 bits per heavy atom. The third-order valence-corrected chi connectivity index (χ3v) is 4.20. The summed E-state index contributed by atoms with van der Waals surface area (Å²) in [6.45, 7) is 0. The SMILES string of the molecule is N#Cc1ccc(-c2cnc3ccc(-c4ccc(C=O)cc4)cn23)cc1. The molecule has 0 N–H and O–H groups in total. The number of rotatable bonds is 3. The molecular weight excluding hydrogens is 310 g/mol. The third kappa shape index (κ3) is 2.68. The van der Waals surface area contributed by atoms with Crippen molar-refractivity contribution in [3.05, 3.63) is 84.2 Å². The Morgan fingerprint density at radius 3 is 2.24 bits per heavy atom. The summed E-state index contributed by atoms with van der Waals surface area (Å²) in [4.78, 5) is 15.3. The first-order chi connectivity index (χ1) is 12.3. The molecule has 0 aliphatic carbocycles. The smallest absolute Gasteiger partial charge is 0.150 e. The highest BCUT2D eigenvalue weighted by Crippen LogP contribution is 2.25. The number of aromatic nitrogens is 2. The van der Waals surface area contributed by atoms with Crippen LogP contribution in [0.2, 0.25) is 0 Å². The van der Waals surface area contributed by atoms with E-state index in [1.54, 1.807) is 12.1 Å². The van der Waals surface area contributed by atoms with Gasteiger partial charge in [-0.2, -0.15) is 5.26 Å². The highest BCUT2D eigenvalue weighted by molar-refractivity contribution is 5.77. The number of carbonyl (C=O) groups excluding carboxylic acids is 1. The molecule has 25 heavy (non-hydrogen) atoms. The molecule has 4 heteroatoms. The Balaban J connectivity index is 1.81. The van der Waals surface area contributed by atoms with E-state index in [0.717, 1.165) is 34.3 Å². The summed E-state index contributed by atoms with van der Waals surface area (Å²) in [6, 6.07) is 21.0. The van der Waals surface area contributed by atoms with E-state index < -0.39 is 0 Å². The minimum Gasteiger partial charge on any atom is -0.299 e. The maximum Gasteiger partial charge on any atom is 0.150 e. The lowest BCUT2D eigenvalue weighted by atomic mass is 10.1. The molecule has 0 radical (unpaired) electrons. The lowest BCUT2D eigenvalue weighted by molar-refractivity contribution is 0.112. The van der Waals surface area contributed by atoms with Crippen molar-refractivity contribution in [2.75, 3.05) is 0 Å². The topological polar surface area (TPSA) is 58.2 Å². The number of aldehydes is 1. The van der Waals surface area contributed by atoms with Crippen molar-refractivity contribution in [1.82, 2.24) is 9.38 Å². The van der Waals surface area contributed by atoms with Crippen LogP contribution in [0.25, 0.3) is 28.0 Å². The average Bonchev–Trinajstić information content (AvgIpc) is 3.11. The Bertz CT molecular complexity index is 1100. The summed E-state index contributed by atoms with van der Waals surface area (Å²) in [5, 5.41) is 8.94. The van der Waals surface area contributed by atoms with Crippen molar-refractivity contribution < 1.29 is 4.79 Å². The van der Waals surface area contributed by atoms with E-state index in [1.807, 2.05) is 65.3 Å². The predicted molar refractivity (Wildman–Crippen MR) is 96.2 cm³/mol. The van der Waals surface area contributed by atoms with Crippen LogP contribution < -0.4 is 0 Å². The molecule has 4 nitrogen and oxygen atoms in total. The van der Waals surface area contributed by atoms with Gasteiger partial charge in [-0.05, 0) is 35.4 Å². The summed E-state index contributed by atoms with van der Waals surface area (Å²) in [5.74, 6) is 0. The van der Waals surface area contributed by atoms with Crippen LogP contribution in [0.5, 0.6) is 0 Å². The second-order valence-electron chi connectivity index (χ2n) is 5.72. The number of carbonyl (C=O) groups is 1. The van der Waals surface area contributed by atoms with Gasteiger partial charge in [-0.1, -0.05) is 36.4 Å². The molecule has 0 saturated heterocycles. The number of nitriles is 1. The molecule has 4 aromatic rings. The molecule has 0 spiro atoms. The molecule has 4 rings (SSSR count). The summed E-state index contributed by atoms with van der Waals surface area (Å²) >= 11 is 0. The van der Waals surface area contributed by atoms with E-state index in [-0.39, 0.29) is 0 Å². The lowest BCUT2D eigenvalue weighted by Gasteiger charge is -2.06. The van der Waals surface area contributed by atoms with E-state index in [2.05, 4.69) is 11.1 Å². The van der Waals surface area contributed by atoms with Crippen LogP contribution in [0.15, 0.2) is 73.1 Å². The minimum absolute atomic E-state index is 0.633. The van der Waals surface area contributed by atoms with Crippen molar-refractivity contribution in [2.24, 2.45) is 0 Å². The zero-order chi connectivity index (χ0) is 17.2. The second kappa shape index (κ2) is 6.06. The van der Waals surface area contributed by atoms with E-state index in [9.17, 15) is 4.79 Å². The normalized spacial score (nSPS) is 10.5. The van der Waals surface area contributed by atoms with Gasteiger partial charge in [0, 0.05) is 17.3 Å². The first-order valence-corrected chi connectivity index (χ1v) is 7.82. The van der Waals surface area contributed by atoms with Crippen LogP contribution in [-0.4, -0.2) is 15.7 Å². The number of benzene rings is 2. The lowest BCUT2D eigenvalue weighted by Crippen LogP contribution is -1.90. The van der Waals surface area contributed by atoms with Gasteiger partial charge in [-0.3, -0.25) is 9.20 Å². The van der Waals surface area contributed by atoms with Crippen LogP contribution in [0.4, 0.5) is 0 Å². The van der Waals surface area contributed by atoms with Gasteiger partial charge in [0.1, 0.15) is 11.9 Å². The van der Waals surface area contributed by atoms with Crippen molar-refractivity contribution >= 4 is 11.9 Å². The van der Waals surface area contributed by atoms with E-state index in [4.69, 9.17) is 5.26 Å². The van der Waals surface area contributed by atoms with Crippen LogP contribution in [-0.2, 0) is 0 Å². The van der Waals surface area contributed by atoms with Crippen LogP contribution in [0.3, 0.4) is 0 Å². The third-order valence-electron chi connectivity index (χ3n) is 4.20. The summed E-state index contributed by atoms with van der Waals surface area (Å²) in [5.41, 5.74) is 6.18. The zero-order valence-electron chi connectivity index (χ0n) is 13.3. The van der Waals surface area contributed by atoms with Crippen molar-refractivity contribution in [2.45, 2.75) is 0 Å². The first kappa shape index (κ1) is 14.9. The molecule has 0 saturated carbocycles. The molecule has 118 valence electrons. The number of nitrogens with zero attached hydrogens (tertiary/aromatic N) is 3. The number of hydrogen-bond acceptors (Lipinski definition) is 3. The van der Waals surface area contributed by atoms with Gasteiger partial charge in [0.15, 0.2) is 0 Å². The number of imidazole rings is 1. The molecule has 2 heterocycles. The van der Waals surface area contributed by atoms with Crippen LogP contribution >= 0.6 is 0 Å². The molecule has 0 aliphatic rings. The maximum atomic E-state index is 10.8. The minimum atomic E-state index is 0.633. The Hall–Kier alpha value is -3.71. The van der Waals surface area contributed by atoms with Crippen LogP contribution in [0, 0.1) is 11.3 Å². The van der Waals surface area contributed by atoms with Crippen molar-refractivity contribution in [1.29, 1.82) is 5.26 Å². The quantitative estimate of drug-likeness (QED) is 0.527. The molecule has 0 bridgehead atoms. The Kier molecular flexibility index (Phi) is 3.60. The second-order valence-corrected chi connectivity index (χ2v) is 5.72. The van der Waals surface area contributed by atoms with E-state index >= 15 is 0 Å². The fraction of sp³-hybridized carbons (Fsp3) is 0. The van der Waals surface area contributed by atoms with Gasteiger partial charge in [-0.25, -0.2) is 4.98 Å². The number of fused-ring (bicyclic) bond motifs is 1. The Morgan fingerprint density at radius 1 is 0.880 bits per heavy atom. The monoisotopic (exact) mass is 323 g/mol. The fourth-order valence-electron chi connectivity index (χ4n) is 2.83. The van der Waals surface area contributed by atoms with Gasteiger partial charge in [0.25, 0.3) is 0 Å². The zero-order valence-corrected chi connectivity index (χ0v) is 13.3. The molecular formula is C21H13N3O. The van der Waals surface area contributed by atoms with Crippen molar-refractivity contribution in [3.63, 3.8) is 0 Å². The highest BCUT2D eigenvalue weighted by atomic mass is 16.1. The largest absolute Gasteiger partial charge is 0.299 e. The van der Waals surface area contributed by atoms with Gasteiger partial charge in [0.2, 0.25) is 0 Å². The fourth-order valence-corrected chi connectivity index (χ4v) is 2.83. The molecule has 0 amide bonds. The number of hydrogen-bond donors (Lipinski definition) is 0. The molecule has 0 atom stereocenters. The maximum absolute atomic E-state index is 10.8. The molecule has 2 aromatic carbocycles. The van der Waals surface area contributed by atoms with E-state index in [0.29, 0.717) is 11.1 Å².